The number of carbonyl (C=O) groups is 1. The maximum atomic E-state index is 12.2. The molecule has 1 aliphatic rings. The standard InChI is InChI=1S/C19H32N6O/c1-4-20-19(23-15-16-9-5-6-11-21-16)22-12-8-14-25-13-7-10-17(25)18(26)24(2)3/h5-6,9,11,17H,4,7-8,10,12-15H2,1-3H3,(H2,20,22,23). The monoisotopic (exact) mass is 360 g/mol. The zero-order valence-corrected chi connectivity index (χ0v) is 16.2. The Bertz CT molecular complexity index is 575. The summed E-state index contributed by atoms with van der Waals surface area (Å²) in [5, 5.41) is 6.63. The van der Waals surface area contributed by atoms with Gasteiger partial charge < -0.3 is 15.5 Å². The lowest BCUT2D eigenvalue weighted by Gasteiger charge is -2.26. The van der Waals surface area contributed by atoms with Crippen molar-refractivity contribution in [2.75, 3.05) is 40.3 Å². The number of carbonyl (C=O) groups excluding carboxylic acids is 1. The van der Waals surface area contributed by atoms with Gasteiger partial charge >= 0.3 is 0 Å². The molecule has 0 aromatic carbocycles. The summed E-state index contributed by atoms with van der Waals surface area (Å²) in [6.45, 7) is 6.20. The molecule has 1 unspecified atom stereocenters. The second-order valence-electron chi connectivity index (χ2n) is 6.72. The summed E-state index contributed by atoms with van der Waals surface area (Å²) < 4.78 is 0. The van der Waals surface area contributed by atoms with E-state index in [0.717, 1.165) is 57.1 Å². The Kier molecular flexibility index (Phi) is 8.34. The van der Waals surface area contributed by atoms with Crippen molar-refractivity contribution in [3.8, 4) is 0 Å². The van der Waals surface area contributed by atoms with Crippen molar-refractivity contribution in [3.05, 3.63) is 30.1 Å². The van der Waals surface area contributed by atoms with E-state index in [1.165, 1.54) is 0 Å². The van der Waals surface area contributed by atoms with Gasteiger partial charge in [0.1, 0.15) is 0 Å². The van der Waals surface area contributed by atoms with Crippen molar-refractivity contribution in [1.82, 2.24) is 25.4 Å². The lowest BCUT2D eigenvalue weighted by atomic mass is 10.2. The number of rotatable bonds is 8. The minimum Gasteiger partial charge on any atom is -0.357 e. The number of nitrogens with one attached hydrogen (secondary N) is 2. The van der Waals surface area contributed by atoms with Crippen LogP contribution in [-0.4, -0.2) is 73.0 Å². The van der Waals surface area contributed by atoms with Crippen LogP contribution >= 0.6 is 0 Å². The van der Waals surface area contributed by atoms with Gasteiger partial charge in [0.05, 0.1) is 18.3 Å². The van der Waals surface area contributed by atoms with Crippen molar-refractivity contribution >= 4 is 11.9 Å². The first-order valence-corrected chi connectivity index (χ1v) is 9.49. The molecule has 2 rings (SSSR count). The van der Waals surface area contributed by atoms with Crippen molar-refractivity contribution in [2.45, 2.75) is 38.8 Å². The lowest BCUT2D eigenvalue weighted by Crippen LogP contribution is -2.44. The van der Waals surface area contributed by atoms with E-state index in [0.29, 0.717) is 6.54 Å². The zero-order valence-electron chi connectivity index (χ0n) is 16.2. The van der Waals surface area contributed by atoms with Crippen LogP contribution in [0, 0.1) is 0 Å². The molecule has 0 aliphatic carbocycles. The van der Waals surface area contributed by atoms with Crippen LogP contribution in [0.4, 0.5) is 0 Å². The molecule has 1 amide bonds. The minimum atomic E-state index is 0.0519. The van der Waals surface area contributed by atoms with Crippen LogP contribution in [0.3, 0.4) is 0 Å². The van der Waals surface area contributed by atoms with E-state index in [2.05, 4.69) is 32.4 Å². The molecule has 144 valence electrons. The lowest BCUT2D eigenvalue weighted by molar-refractivity contribution is -0.133. The van der Waals surface area contributed by atoms with Crippen molar-refractivity contribution in [3.63, 3.8) is 0 Å². The molecule has 1 aromatic heterocycles. The summed E-state index contributed by atoms with van der Waals surface area (Å²) >= 11 is 0. The second-order valence-corrected chi connectivity index (χ2v) is 6.72. The molecule has 1 aliphatic heterocycles. The molecule has 7 heteroatoms. The molecular formula is C19H32N6O. The van der Waals surface area contributed by atoms with E-state index in [1.807, 2.05) is 32.3 Å². The molecule has 2 heterocycles. The molecule has 0 bridgehead atoms. The molecule has 0 saturated carbocycles. The number of hydrogen-bond donors (Lipinski definition) is 2. The summed E-state index contributed by atoms with van der Waals surface area (Å²) in [4.78, 5) is 25.1. The summed E-state index contributed by atoms with van der Waals surface area (Å²) in [5.41, 5.74) is 0.951. The number of hydrogen-bond acceptors (Lipinski definition) is 4. The van der Waals surface area contributed by atoms with Crippen LogP contribution in [0.15, 0.2) is 29.4 Å². The quantitative estimate of drug-likeness (QED) is 0.412. The molecule has 0 radical (unpaired) electrons. The van der Waals surface area contributed by atoms with Gasteiger partial charge in [-0.25, -0.2) is 4.99 Å². The summed E-state index contributed by atoms with van der Waals surface area (Å²) in [6, 6.07) is 5.90. The summed E-state index contributed by atoms with van der Waals surface area (Å²) in [6.07, 6.45) is 4.84. The third kappa shape index (κ3) is 6.29. The third-order valence-electron chi connectivity index (χ3n) is 4.47. The smallest absolute Gasteiger partial charge is 0.239 e. The number of pyridine rings is 1. The summed E-state index contributed by atoms with van der Waals surface area (Å²) in [5.74, 6) is 1.03. The predicted molar refractivity (Wildman–Crippen MR) is 105 cm³/mol. The van der Waals surface area contributed by atoms with Gasteiger partial charge in [-0.2, -0.15) is 0 Å². The predicted octanol–water partition coefficient (Wildman–Crippen LogP) is 1.08. The largest absolute Gasteiger partial charge is 0.357 e. The van der Waals surface area contributed by atoms with E-state index >= 15 is 0 Å². The molecule has 1 atom stereocenters. The zero-order chi connectivity index (χ0) is 18.8. The third-order valence-corrected chi connectivity index (χ3v) is 4.47. The van der Waals surface area contributed by atoms with E-state index in [1.54, 1.807) is 11.1 Å². The van der Waals surface area contributed by atoms with Crippen LogP contribution in [0.1, 0.15) is 31.9 Å². The maximum absolute atomic E-state index is 12.2. The Balaban J connectivity index is 1.76. The van der Waals surface area contributed by atoms with Gasteiger partial charge in [0.25, 0.3) is 0 Å². The van der Waals surface area contributed by atoms with Crippen LogP contribution in [0.25, 0.3) is 0 Å². The molecular weight excluding hydrogens is 328 g/mol. The van der Waals surface area contributed by atoms with E-state index in [4.69, 9.17) is 0 Å². The maximum Gasteiger partial charge on any atom is 0.239 e. The molecule has 2 N–H and O–H groups in total. The number of aliphatic imine (C=N–C) groups is 1. The molecule has 26 heavy (non-hydrogen) atoms. The molecule has 1 aromatic rings. The number of aromatic nitrogens is 1. The number of likely N-dealkylation sites (tertiary alicyclic amines) is 1. The highest BCUT2D eigenvalue weighted by atomic mass is 16.2. The first kappa shape index (κ1) is 20.2. The molecule has 7 nitrogen and oxygen atoms in total. The van der Waals surface area contributed by atoms with E-state index in [9.17, 15) is 4.79 Å². The van der Waals surface area contributed by atoms with Crippen LogP contribution in [0.2, 0.25) is 0 Å². The molecule has 1 fully saturated rings. The van der Waals surface area contributed by atoms with E-state index in [-0.39, 0.29) is 11.9 Å². The van der Waals surface area contributed by atoms with Gasteiger partial charge in [-0.15, -0.1) is 0 Å². The normalized spacial score (nSPS) is 18.0. The molecule has 1 saturated heterocycles. The Morgan fingerprint density at radius 1 is 1.38 bits per heavy atom. The topological polar surface area (TPSA) is 72.9 Å². The van der Waals surface area contributed by atoms with Gasteiger partial charge in [-0.1, -0.05) is 6.07 Å². The van der Waals surface area contributed by atoms with Gasteiger partial charge in [0.15, 0.2) is 5.96 Å². The Morgan fingerprint density at radius 2 is 2.23 bits per heavy atom. The SMILES string of the molecule is CCNC(=NCc1ccccn1)NCCCN1CCCC1C(=O)N(C)C. The van der Waals surface area contributed by atoms with Crippen LogP contribution in [0.5, 0.6) is 0 Å². The second kappa shape index (κ2) is 10.8. The minimum absolute atomic E-state index is 0.0519. The van der Waals surface area contributed by atoms with Crippen LogP contribution < -0.4 is 10.6 Å². The number of likely N-dealkylation sites (N-methyl/N-ethyl adjacent to an activating group) is 1. The average molecular weight is 361 g/mol. The molecule has 0 spiro atoms. The number of amides is 1. The average Bonchev–Trinajstić information content (AvgIpc) is 3.11. The highest BCUT2D eigenvalue weighted by molar-refractivity contribution is 5.81. The Morgan fingerprint density at radius 3 is 2.92 bits per heavy atom. The fraction of sp³-hybridized carbons (Fsp3) is 0.632. The van der Waals surface area contributed by atoms with Gasteiger partial charge in [0.2, 0.25) is 5.91 Å². The first-order valence-electron chi connectivity index (χ1n) is 9.49. The van der Waals surface area contributed by atoms with E-state index < -0.39 is 0 Å². The number of nitrogens with zero attached hydrogens (tertiary/aromatic N) is 4. The van der Waals surface area contributed by atoms with Gasteiger partial charge in [0, 0.05) is 39.9 Å². The van der Waals surface area contributed by atoms with Gasteiger partial charge in [-0.05, 0) is 44.9 Å². The van der Waals surface area contributed by atoms with Crippen molar-refractivity contribution in [1.29, 1.82) is 0 Å². The highest BCUT2D eigenvalue weighted by Crippen LogP contribution is 2.18. The fourth-order valence-electron chi connectivity index (χ4n) is 3.15. The van der Waals surface area contributed by atoms with Crippen LogP contribution in [-0.2, 0) is 11.3 Å². The highest BCUT2D eigenvalue weighted by Gasteiger charge is 2.30. The first-order chi connectivity index (χ1) is 12.6. The van der Waals surface area contributed by atoms with Crippen molar-refractivity contribution in [2.24, 2.45) is 4.99 Å². The van der Waals surface area contributed by atoms with Gasteiger partial charge in [-0.3, -0.25) is 14.7 Å². The van der Waals surface area contributed by atoms with Crippen molar-refractivity contribution < 1.29 is 4.79 Å². The summed E-state index contributed by atoms with van der Waals surface area (Å²) in [7, 11) is 3.67. The Hall–Kier alpha value is -2.15. The number of guanidine groups is 1. The Labute approximate surface area is 156 Å². The fourth-order valence-corrected chi connectivity index (χ4v) is 3.15.